The lowest BCUT2D eigenvalue weighted by molar-refractivity contribution is 0.217. The van der Waals surface area contributed by atoms with Crippen LogP contribution in [0.2, 0.25) is 0 Å². The number of aliphatic imine (C=N–C) groups is 1. The monoisotopic (exact) mass is 309 g/mol. The molecule has 122 valence electrons. The molecular weight excluding hydrogens is 282 g/mol. The molecule has 2 rings (SSSR count). The number of hydrogen-bond donors (Lipinski definition) is 0. The van der Waals surface area contributed by atoms with Gasteiger partial charge in [0.2, 0.25) is 0 Å². The second-order valence-electron chi connectivity index (χ2n) is 6.06. The Labute approximate surface area is 140 Å². The van der Waals surface area contributed by atoms with Crippen LogP contribution in [0.5, 0.6) is 5.75 Å². The van der Waals surface area contributed by atoms with Gasteiger partial charge in [0, 0.05) is 6.21 Å². The molecule has 0 aliphatic carbocycles. The lowest BCUT2D eigenvalue weighted by Crippen LogP contribution is -2.09. The van der Waals surface area contributed by atoms with Crippen LogP contribution in [-0.4, -0.2) is 12.3 Å². The summed E-state index contributed by atoms with van der Waals surface area (Å²) in [5.41, 5.74) is 3.43. The smallest absolute Gasteiger partial charge is 0.119 e. The molecule has 0 N–H and O–H groups in total. The van der Waals surface area contributed by atoms with Gasteiger partial charge in [-0.2, -0.15) is 0 Å². The summed E-state index contributed by atoms with van der Waals surface area (Å²) in [6, 6.07) is 16.6. The van der Waals surface area contributed by atoms with E-state index in [4.69, 9.17) is 4.74 Å². The van der Waals surface area contributed by atoms with Crippen LogP contribution in [-0.2, 0) is 0 Å². The van der Waals surface area contributed by atoms with Gasteiger partial charge in [0.05, 0.1) is 11.8 Å². The standard InChI is InChI=1S/C21H27NO/c1-5-16(3)19-9-11-20(12-10-19)22-15-18-7-13-21(14-8-18)23-17(4)6-2/h7-17H,5-6H2,1-4H3. The third-order valence-corrected chi connectivity index (χ3v) is 4.23. The molecule has 0 bridgehead atoms. The third kappa shape index (κ3) is 5.24. The van der Waals surface area contributed by atoms with Gasteiger partial charge >= 0.3 is 0 Å². The Morgan fingerprint density at radius 3 is 2.13 bits per heavy atom. The van der Waals surface area contributed by atoms with E-state index in [-0.39, 0.29) is 6.10 Å². The van der Waals surface area contributed by atoms with Crippen molar-refractivity contribution in [3.8, 4) is 5.75 Å². The van der Waals surface area contributed by atoms with E-state index in [1.165, 1.54) is 5.56 Å². The van der Waals surface area contributed by atoms with E-state index in [1.54, 1.807) is 0 Å². The third-order valence-electron chi connectivity index (χ3n) is 4.23. The minimum Gasteiger partial charge on any atom is -0.491 e. The zero-order valence-corrected chi connectivity index (χ0v) is 14.6. The Balaban J connectivity index is 1.99. The number of benzene rings is 2. The predicted octanol–water partition coefficient (Wildman–Crippen LogP) is 6.13. The van der Waals surface area contributed by atoms with Gasteiger partial charge in [0.1, 0.15) is 5.75 Å². The number of nitrogens with zero attached hydrogens (tertiary/aromatic N) is 1. The van der Waals surface area contributed by atoms with Crippen molar-refractivity contribution in [2.45, 2.75) is 52.6 Å². The first-order chi connectivity index (χ1) is 11.1. The Hall–Kier alpha value is -2.09. The van der Waals surface area contributed by atoms with Crippen molar-refractivity contribution < 1.29 is 4.74 Å². The molecule has 0 saturated heterocycles. The van der Waals surface area contributed by atoms with Gasteiger partial charge in [-0.3, -0.25) is 4.99 Å². The van der Waals surface area contributed by atoms with Crippen LogP contribution in [0.25, 0.3) is 0 Å². The van der Waals surface area contributed by atoms with Crippen LogP contribution in [0.4, 0.5) is 5.69 Å². The van der Waals surface area contributed by atoms with Crippen molar-refractivity contribution in [2.75, 3.05) is 0 Å². The van der Waals surface area contributed by atoms with Crippen molar-refractivity contribution in [1.29, 1.82) is 0 Å². The maximum atomic E-state index is 5.78. The summed E-state index contributed by atoms with van der Waals surface area (Å²) in [4.78, 5) is 4.54. The SMILES string of the molecule is CCC(C)Oc1ccc(C=Nc2ccc(C(C)CC)cc2)cc1. The van der Waals surface area contributed by atoms with Crippen LogP contribution < -0.4 is 4.74 Å². The summed E-state index contributed by atoms with van der Waals surface area (Å²) in [6.45, 7) is 8.67. The fourth-order valence-electron chi connectivity index (χ4n) is 2.22. The van der Waals surface area contributed by atoms with Gasteiger partial charge < -0.3 is 4.74 Å². The molecule has 0 aliphatic rings. The van der Waals surface area contributed by atoms with Gasteiger partial charge in [-0.1, -0.05) is 32.9 Å². The molecule has 0 aromatic heterocycles. The predicted molar refractivity (Wildman–Crippen MR) is 99.2 cm³/mol. The van der Waals surface area contributed by atoms with Crippen molar-refractivity contribution in [1.82, 2.24) is 0 Å². The van der Waals surface area contributed by atoms with Crippen molar-refractivity contribution >= 4 is 11.9 Å². The average Bonchev–Trinajstić information content (AvgIpc) is 2.60. The molecule has 2 aromatic rings. The molecule has 0 aliphatic heterocycles. The summed E-state index contributed by atoms with van der Waals surface area (Å²) in [7, 11) is 0. The number of ether oxygens (including phenoxy) is 1. The van der Waals surface area contributed by atoms with E-state index in [0.29, 0.717) is 5.92 Å². The normalized spacial score (nSPS) is 13.9. The summed E-state index contributed by atoms with van der Waals surface area (Å²) in [5, 5.41) is 0. The maximum absolute atomic E-state index is 5.78. The fourth-order valence-corrected chi connectivity index (χ4v) is 2.22. The summed E-state index contributed by atoms with van der Waals surface area (Å²) < 4.78 is 5.78. The Kier molecular flexibility index (Phi) is 6.40. The molecule has 2 nitrogen and oxygen atoms in total. The second-order valence-corrected chi connectivity index (χ2v) is 6.06. The highest BCUT2D eigenvalue weighted by molar-refractivity contribution is 5.82. The quantitative estimate of drug-likeness (QED) is 0.564. The second kappa shape index (κ2) is 8.52. The van der Waals surface area contributed by atoms with E-state index in [9.17, 15) is 0 Å². The molecule has 23 heavy (non-hydrogen) atoms. The van der Waals surface area contributed by atoms with Crippen molar-refractivity contribution in [2.24, 2.45) is 4.99 Å². The highest BCUT2D eigenvalue weighted by Crippen LogP contribution is 2.22. The number of hydrogen-bond acceptors (Lipinski definition) is 2. The van der Waals surface area contributed by atoms with E-state index in [1.807, 2.05) is 30.5 Å². The molecule has 2 unspecified atom stereocenters. The van der Waals surface area contributed by atoms with E-state index in [2.05, 4.69) is 57.0 Å². The summed E-state index contributed by atoms with van der Waals surface area (Å²) >= 11 is 0. The van der Waals surface area contributed by atoms with Gasteiger partial charge in [0.25, 0.3) is 0 Å². The summed E-state index contributed by atoms with van der Waals surface area (Å²) in [6.07, 6.45) is 4.31. The van der Waals surface area contributed by atoms with E-state index < -0.39 is 0 Å². The van der Waals surface area contributed by atoms with E-state index >= 15 is 0 Å². The zero-order chi connectivity index (χ0) is 16.7. The van der Waals surface area contributed by atoms with Crippen LogP contribution in [0.15, 0.2) is 53.5 Å². The number of rotatable bonds is 7. The maximum Gasteiger partial charge on any atom is 0.119 e. The highest BCUT2D eigenvalue weighted by Gasteiger charge is 2.02. The molecule has 0 spiro atoms. The fraction of sp³-hybridized carbons (Fsp3) is 0.381. The van der Waals surface area contributed by atoms with Gasteiger partial charge in [-0.25, -0.2) is 0 Å². The minimum atomic E-state index is 0.249. The van der Waals surface area contributed by atoms with Crippen LogP contribution in [0.3, 0.4) is 0 Å². The van der Waals surface area contributed by atoms with Crippen molar-refractivity contribution in [3.05, 3.63) is 59.7 Å². The first kappa shape index (κ1) is 17.3. The Morgan fingerprint density at radius 2 is 1.57 bits per heavy atom. The highest BCUT2D eigenvalue weighted by atomic mass is 16.5. The largest absolute Gasteiger partial charge is 0.491 e. The first-order valence-corrected chi connectivity index (χ1v) is 8.53. The Bertz CT molecular complexity index is 613. The minimum absolute atomic E-state index is 0.249. The molecule has 2 atom stereocenters. The topological polar surface area (TPSA) is 21.6 Å². The molecule has 0 amide bonds. The summed E-state index contributed by atoms with van der Waals surface area (Å²) in [5.74, 6) is 1.51. The molecule has 0 heterocycles. The van der Waals surface area contributed by atoms with Gasteiger partial charge in [0.15, 0.2) is 0 Å². The van der Waals surface area contributed by atoms with E-state index in [0.717, 1.165) is 29.8 Å². The lowest BCUT2D eigenvalue weighted by atomic mass is 9.99. The van der Waals surface area contributed by atoms with Crippen LogP contribution in [0, 0.1) is 0 Å². The first-order valence-electron chi connectivity index (χ1n) is 8.53. The molecule has 2 heteroatoms. The molecule has 0 radical (unpaired) electrons. The Morgan fingerprint density at radius 1 is 0.913 bits per heavy atom. The molecular formula is C21H27NO. The van der Waals surface area contributed by atoms with Crippen LogP contribution >= 0.6 is 0 Å². The average molecular weight is 309 g/mol. The molecule has 2 aromatic carbocycles. The lowest BCUT2D eigenvalue weighted by Gasteiger charge is -2.12. The van der Waals surface area contributed by atoms with Gasteiger partial charge in [-0.15, -0.1) is 0 Å². The molecule has 0 saturated carbocycles. The zero-order valence-electron chi connectivity index (χ0n) is 14.6. The van der Waals surface area contributed by atoms with Gasteiger partial charge in [-0.05, 0) is 73.2 Å². The van der Waals surface area contributed by atoms with Crippen LogP contribution in [0.1, 0.15) is 57.6 Å². The van der Waals surface area contributed by atoms with Crippen molar-refractivity contribution in [3.63, 3.8) is 0 Å². The molecule has 0 fully saturated rings.